The summed E-state index contributed by atoms with van der Waals surface area (Å²) in [6, 6.07) is 3.86. The summed E-state index contributed by atoms with van der Waals surface area (Å²) in [6.45, 7) is 0.0501. The second kappa shape index (κ2) is 4.92. The lowest BCUT2D eigenvalue weighted by Crippen LogP contribution is -2.31. The first-order valence-corrected chi connectivity index (χ1v) is 5.17. The van der Waals surface area contributed by atoms with Gasteiger partial charge in [-0.25, -0.2) is 10.5 Å². The fourth-order valence-corrected chi connectivity index (χ4v) is 1.56. The van der Waals surface area contributed by atoms with E-state index >= 15 is 0 Å². The maximum absolute atomic E-state index is 11.1. The second-order valence-corrected chi connectivity index (χ2v) is 3.62. The number of phenols is 1. The Morgan fingerprint density at radius 3 is 3.00 bits per heavy atom. The smallest absolute Gasteiger partial charge is 0.271 e. The van der Waals surface area contributed by atoms with E-state index in [0.29, 0.717) is 11.3 Å². The number of ether oxygens (including phenoxy) is 2. The summed E-state index contributed by atoms with van der Waals surface area (Å²) >= 11 is 0. The van der Waals surface area contributed by atoms with E-state index in [2.05, 4.69) is 4.99 Å². The Hall–Kier alpha value is -2.28. The third kappa shape index (κ3) is 2.21. The molecule has 7 heteroatoms. The van der Waals surface area contributed by atoms with Gasteiger partial charge in [-0.3, -0.25) is 10.0 Å². The van der Waals surface area contributed by atoms with Gasteiger partial charge in [-0.2, -0.15) is 0 Å². The normalized spacial score (nSPS) is 17.9. The zero-order valence-electron chi connectivity index (χ0n) is 9.58. The minimum absolute atomic E-state index is 0.0450. The Labute approximate surface area is 103 Å². The number of nitrogens with zero attached hydrogens (tertiary/aromatic N) is 1. The monoisotopic (exact) mass is 252 g/mol. The van der Waals surface area contributed by atoms with Gasteiger partial charge in [0.25, 0.3) is 5.91 Å². The Bertz CT molecular complexity index is 500. The lowest BCUT2D eigenvalue weighted by molar-refractivity contribution is -0.130. The number of rotatable bonds is 3. The second-order valence-electron chi connectivity index (χ2n) is 3.62. The number of amides is 1. The largest absolute Gasteiger partial charge is 0.504 e. The fraction of sp³-hybridized carbons (Fsp3) is 0.273. The molecule has 0 bridgehead atoms. The number of carbonyl (C=O) groups excluding carboxylic acids is 1. The quantitative estimate of drug-likeness (QED) is 0.521. The van der Waals surface area contributed by atoms with Gasteiger partial charge in [0.15, 0.2) is 17.5 Å². The van der Waals surface area contributed by atoms with Crippen molar-refractivity contribution < 1.29 is 24.6 Å². The van der Waals surface area contributed by atoms with Gasteiger partial charge in [0.1, 0.15) is 6.61 Å². The molecular weight excluding hydrogens is 240 g/mol. The van der Waals surface area contributed by atoms with Gasteiger partial charge in [-0.15, -0.1) is 0 Å². The number of nitrogens with one attached hydrogen (secondary N) is 1. The van der Waals surface area contributed by atoms with Crippen molar-refractivity contribution in [3.05, 3.63) is 23.8 Å². The van der Waals surface area contributed by atoms with Crippen LogP contribution in [-0.2, 0) is 9.53 Å². The summed E-state index contributed by atoms with van der Waals surface area (Å²) in [5, 5.41) is 18.1. The molecule has 0 aliphatic carbocycles. The molecule has 2 rings (SSSR count). The van der Waals surface area contributed by atoms with Crippen molar-refractivity contribution in [2.24, 2.45) is 4.99 Å². The molecule has 0 saturated carbocycles. The molecule has 1 aromatic rings. The number of benzene rings is 1. The van der Waals surface area contributed by atoms with Gasteiger partial charge >= 0.3 is 0 Å². The molecule has 3 N–H and O–H groups in total. The molecule has 1 atom stereocenters. The lowest BCUT2D eigenvalue weighted by atomic mass is 10.2. The SMILES string of the molecule is COc1ccc(C2=N[C@@H](C(=O)NO)CO2)cc1O. The van der Waals surface area contributed by atoms with Crippen molar-refractivity contribution in [2.75, 3.05) is 13.7 Å². The summed E-state index contributed by atoms with van der Waals surface area (Å²) in [5.74, 6) is -0.109. The molecule has 1 aliphatic heterocycles. The summed E-state index contributed by atoms with van der Waals surface area (Å²) in [6.07, 6.45) is 0. The zero-order valence-corrected chi connectivity index (χ0v) is 9.58. The highest BCUT2D eigenvalue weighted by molar-refractivity contribution is 5.98. The number of hydrogen-bond donors (Lipinski definition) is 3. The third-order valence-electron chi connectivity index (χ3n) is 2.49. The molecule has 1 heterocycles. The molecule has 7 nitrogen and oxygen atoms in total. The van der Waals surface area contributed by atoms with Crippen molar-refractivity contribution in [1.82, 2.24) is 5.48 Å². The maximum Gasteiger partial charge on any atom is 0.271 e. The number of methoxy groups -OCH3 is 1. The molecule has 1 aromatic carbocycles. The number of aromatic hydroxyl groups is 1. The minimum Gasteiger partial charge on any atom is -0.504 e. The number of phenolic OH excluding ortho intramolecular Hbond substituents is 1. The van der Waals surface area contributed by atoms with Crippen LogP contribution in [0.15, 0.2) is 23.2 Å². The molecule has 1 amide bonds. The first-order chi connectivity index (χ1) is 8.65. The van der Waals surface area contributed by atoms with Crippen LogP contribution in [0.4, 0.5) is 0 Å². The van der Waals surface area contributed by atoms with Crippen LogP contribution in [0, 0.1) is 0 Å². The van der Waals surface area contributed by atoms with Crippen LogP contribution >= 0.6 is 0 Å². The van der Waals surface area contributed by atoms with E-state index in [0.717, 1.165) is 0 Å². The summed E-state index contributed by atoms with van der Waals surface area (Å²) in [7, 11) is 1.44. The van der Waals surface area contributed by atoms with Crippen LogP contribution in [0.1, 0.15) is 5.56 Å². The third-order valence-corrected chi connectivity index (χ3v) is 2.49. The van der Waals surface area contributed by atoms with E-state index in [1.165, 1.54) is 18.7 Å². The molecule has 0 saturated heterocycles. The average molecular weight is 252 g/mol. The van der Waals surface area contributed by atoms with E-state index < -0.39 is 11.9 Å². The highest BCUT2D eigenvalue weighted by Crippen LogP contribution is 2.27. The van der Waals surface area contributed by atoms with Gasteiger partial charge in [0.05, 0.1) is 7.11 Å². The zero-order chi connectivity index (χ0) is 13.1. The van der Waals surface area contributed by atoms with Crippen LogP contribution in [0.5, 0.6) is 11.5 Å². The van der Waals surface area contributed by atoms with Crippen molar-refractivity contribution in [3.8, 4) is 11.5 Å². The summed E-state index contributed by atoms with van der Waals surface area (Å²) in [5.41, 5.74) is 2.04. The number of aliphatic imine (C=N–C) groups is 1. The van der Waals surface area contributed by atoms with Crippen LogP contribution < -0.4 is 10.2 Å². The number of hydroxylamine groups is 1. The molecule has 0 radical (unpaired) electrons. The predicted octanol–water partition coefficient (Wildman–Crippen LogP) is 0.0516. The van der Waals surface area contributed by atoms with E-state index in [1.54, 1.807) is 12.1 Å². The van der Waals surface area contributed by atoms with E-state index in [9.17, 15) is 9.90 Å². The Balaban J connectivity index is 2.23. The first-order valence-electron chi connectivity index (χ1n) is 5.17. The summed E-state index contributed by atoms with van der Waals surface area (Å²) < 4.78 is 10.1. The van der Waals surface area contributed by atoms with Crippen molar-refractivity contribution in [2.45, 2.75) is 6.04 Å². The average Bonchev–Trinajstić information content (AvgIpc) is 2.87. The predicted molar refractivity (Wildman–Crippen MR) is 60.9 cm³/mol. The molecule has 0 fully saturated rings. The van der Waals surface area contributed by atoms with Crippen LogP contribution in [0.2, 0.25) is 0 Å². The summed E-state index contributed by atoms with van der Waals surface area (Å²) in [4.78, 5) is 15.1. The van der Waals surface area contributed by atoms with Crippen molar-refractivity contribution >= 4 is 11.8 Å². The topological polar surface area (TPSA) is 100 Å². The molecule has 0 aromatic heterocycles. The molecular formula is C11H12N2O5. The van der Waals surface area contributed by atoms with Crippen molar-refractivity contribution in [3.63, 3.8) is 0 Å². The molecule has 0 unspecified atom stereocenters. The minimum atomic E-state index is -0.783. The van der Waals surface area contributed by atoms with Gasteiger partial charge in [-0.05, 0) is 18.2 Å². The van der Waals surface area contributed by atoms with Gasteiger partial charge < -0.3 is 14.6 Å². The van der Waals surface area contributed by atoms with Crippen LogP contribution in [0.25, 0.3) is 0 Å². The number of carbonyl (C=O) groups is 1. The van der Waals surface area contributed by atoms with Gasteiger partial charge in [0, 0.05) is 5.56 Å². The van der Waals surface area contributed by atoms with E-state index in [1.807, 2.05) is 0 Å². The van der Waals surface area contributed by atoms with E-state index in [4.69, 9.17) is 14.7 Å². The lowest BCUT2D eigenvalue weighted by Gasteiger charge is -2.05. The molecule has 18 heavy (non-hydrogen) atoms. The fourth-order valence-electron chi connectivity index (χ4n) is 1.56. The standard InChI is InChI=1S/C11H12N2O5/c1-17-9-3-2-6(4-8(9)14)11-12-7(5-18-11)10(15)13-16/h2-4,7,14,16H,5H2,1H3,(H,13,15)/t7-/m1/s1. The van der Waals surface area contributed by atoms with Gasteiger partial charge in [0.2, 0.25) is 5.90 Å². The van der Waals surface area contributed by atoms with E-state index in [-0.39, 0.29) is 18.3 Å². The highest BCUT2D eigenvalue weighted by Gasteiger charge is 2.26. The van der Waals surface area contributed by atoms with Gasteiger partial charge in [-0.1, -0.05) is 0 Å². The molecule has 96 valence electrons. The molecule has 1 aliphatic rings. The van der Waals surface area contributed by atoms with Crippen molar-refractivity contribution in [1.29, 1.82) is 0 Å². The Kier molecular flexibility index (Phi) is 3.33. The maximum atomic E-state index is 11.1. The molecule has 0 spiro atoms. The number of hydrogen-bond acceptors (Lipinski definition) is 6. The first kappa shape index (κ1) is 12.2. The Morgan fingerprint density at radius 2 is 2.39 bits per heavy atom. The van der Waals surface area contributed by atoms with Crippen LogP contribution in [0.3, 0.4) is 0 Å². The highest BCUT2D eigenvalue weighted by atomic mass is 16.5. The van der Waals surface area contributed by atoms with Crippen LogP contribution in [-0.4, -0.2) is 41.9 Å². The Morgan fingerprint density at radius 1 is 1.61 bits per heavy atom.